The van der Waals surface area contributed by atoms with Crippen LogP contribution in [-0.4, -0.2) is 20.9 Å². The van der Waals surface area contributed by atoms with Crippen molar-refractivity contribution in [2.75, 3.05) is 0 Å². The zero-order valence-corrected chi connectivity index (χ0v) is 9.08. The van der Waals surface area contributed by atoms with Gasteiger partial charge in [0.05, 0.1) is 5.69 Å². The predicted octanol–water partition coefficient (Wildman–Crippen LogP) is 2.04. The Bertz CT molecular complexity index is 461. The van der Waals surface area contributed by atoms with Gasteiger partial charge >= 0.3 is 12.1 Å². The molecule has 1 N–H and O–H groups in total. The topological polar surface area (TPSA) is 55.1 Å². The van der Waals surface area contributed by atoms with Gasteiger partial charge in [-0.05, 0) is 18.9 Å². The molecule has 0 aromatic carbocycles. The highest BCUT2D eigenvalue weighted by molar-refractivity contribution is 5.66. The minimum Gasteiger partial charge on any atom is -0.480 e. The fourth-order valence-electron chi connectivity index (χ4n) is 1.63. The fraction of sp³-hybridized carbons (Fsp3) is 0.600. The number of rotatable bonds is 3. The highest BCUT2D eigenvalue weighted by Crippen LogP contribution is 2.47. The Morgan fingerprint density at radius 1 is 1.59 bits per heavy atom. The Labute approximate surface area is 95.0 Å². The van der Waals surface area contributed by atoms with Gasteiger partial charge in [0.25, 0.3) is 0 Å². The highest BCUT2D eigenvalue weighted by Gasteiger charge is 2.45. The first-order valence-corrected chi connectivity index (χ1v) is 5.10. The number of halogens is 3. The van der Waals surface area contributed by atoms with Crippen LogP contribution in [0, 0.1) is 0 Å². The van der Waals surface area contributed by atoms with E-state index in [2.05, 4.69) is 5.10 Å². The van der Waals surface area contributed by atoms with Crippen molar-refractivity contribution in [2.45, 2.75) is 37.9 Å². The van der Waals surface area contributed by atoms with Gasteiger partial charge in [-0.15, -0.1) is 0 Å². The van der Waals surface area contributed by atoms with Crippen molar-refractivity contribution in [1.82, 2.24) is 9.78 Å². The van der Waals surface area contributed by atoms with Crippen molar-refractivity contribution in [3.8, 4) is 0 Å². The van der Waals surface area contributed by atoms with E-state index in [-0.39, 0.29) is 5.41 Å². The maximum absolute atomic E-state index is 12.7. The van der Waals surface area contributed by atoms with Crippen molar-refractivity contribution in [3.05, 3.63) is 17.5 Å². The number of aliphatic carboxylic acids is 1. The van der Waals surface area contributed by atoms with Crippen LogP contribution in [0.15, 0.2) is 6.07 Å². The van der Waals surface area contributed by atoms with Crippen molar-refractivity contribution < 1.29 is 23.1 Å². The summed E-state index contributed by atoms with van der Waals surface area (Å²) in [5.74, 6) is -1.34. The van der Waals surface area contributed by atoms with E-state index in [1.54, 1.807) is 0 Å². The second-order valence-corrected chi connectivity index (χ2v) is 4.52. The summed E-state index contributed by atoms with van der Waals surface area (Å²) < 4.78 is 38.5. The molecule has 94 valence electrons. The second-order valence-electron chi connectivity index (χ2n) is 4.52. The SMILES string of the molecule is CC1(c2cc(C(F)(F)F)n(CC(=O)O)n2)CC1. The highest BCUT2D eigenvalue weighted by atomic mass is 19.4. The standard InChI is InChI=1S/C10H11F3N2O2/c1-9(2-3-9)6-4-7(10(11,12)13)15(14-6)5-8(16)17/h4H,2-3,5H2,1H3,(H,16,17). The lowest BCUT2D eigenvalue weighted by Crippen LogP contribution is -2.19. The summed E-state index contributed by atoms with van der Waals surface area (Å²) in [6.07, 6.45) is -3.01. The lowest BCUT2D eigenvalue weighted by molar-refractivity contribution is -0.147. The Kier molecular flexibility index (Phi) is 2.44. The molecule has 0 unspecified atom stereocenters. The van der Waals surface area contributed by atoms with Gasteiger partial charge < -0.3 is 5.11 Å². The Hall–Kier alpha value is -1.53. The summed E-state index contributed by atoms with van der Waals surface area (Å²) in [4.78, 5) is 10.5. The van der Waals surface area contributed by atoms with E-state index in [1.165, 1.54) is 0 Å². The molecule has 1 aromatic heterocycles. The third kappa shape index (κ3) is 2.27. The van der Waals surface area contributed by atoms with Crippen molar-refractivity contribution >= 4 is 5.97 Å². The number of carboxylic acids is 1. The van der Waals surface area contributed by atoms with Gasteiger partial charge in [-0.2, -0.15) is 18.3 Å². The minimum atomic E-state index is -4.58. The molecule has 0 atom stereocenters. The van der Waals surface area contributed by atoms with Crippen LogP contribution >= 0.6 is 0 Å². The van der Waals surface area contributed by atoms with E-state index in [0.29, 0.717) is 10.4 Å². The van der Waals surface area contributed by atoms with E-state index in [9.17, 15) is 18.0 Å². The van der Waals surface area contributed by atoms with E-state index in [1.807, 2.05) is 6.92 Å². The van der Waals surface area contributed by atoms with Gasteiger partial charge in [-0.3, -0.25) is 4.79 Å². The average molecular weight is 248 g/mol. The molecule has 0 saturated heterocycles. The van der Waals surface area contributed by atoms with Crippen molar-refractivity contribution in [1.29, 1.82) is 0 Å². The first-order chi connectivity index (χ1) is 7.72. The van der Waals surface area contributed by atoms with Crippen LogP contribution in [0.25, 0.3) is 0 Å². The number of nitrogens with zero attached hydrogens (tertiary/aromatic N) is 2. The average Bonchev–Trinajstić information content (AvgIpc) is 2.75. The third-order valence-electron chi connectivity index (χ3n) is 2.97. The molecule has 1 aromatic rings. The normalized spacial score (nSPS) is 18.1. The molecule has 17 heavy (non-hydrogen) atoms. The molecule has 1 saturated carbocycles. The molecule has 1 aliphatic rings. The largest absolute Gasteiger partial charge is 0.480 e. The monoisotopic (exact) mass is 248 g/mol. The number of carboxylic acid groups (broad SMARTS) is 1. The van der Waals surface area contributed by atoms with Gasteiger partial charge in [-0.25, -0.2) is 4.68 Å². The maximum Gasteiger partial charge on any atom is 0.433 e. The molecule has 1 aliphatic carbocycles. The van der Waals surface area contributed by atoms with Crippen LogP contribution in [0.2, 0.25) is 0 Å². The van der Waals surface area contributed by atoms with Crippen LogP contribution in [0.4, 0.5) is 13.2 Å². The van der Waals surface area contributed by atoms with Crippen LogP contribution in [0.5, 0.6) is 0 Å². The van der Waals surface area contributed by atoms with Crippen LogP contribution in [-0.2, 0) is 22.9 Å². The maximum atomic E-state index is 12.7. The summed E-state index contributed by atoms with van der Waals surface area (Å²) in [5, 5.41) is 12.3. The number of aromatic nitrogens is 2. The lowest BCUT2D eigenvalue weighted by Gasteiger charge is -2.07. The Balaban J connectivity index is 2.41. The van der Waals surface area contributed by atoms with Crippen LogP contribution in [0.1, 0.15) is 31.2 Å². The van der Waals surface area contributed by atoms with Gasteiger partial charge in [-0.1, -0.05) is 6.92 Å². The summed E-state index contributed by atoms with van der Waals surface area (Å²) in [6.45, 7) is 1.05. The third-order valence-corrected chi connectivity index (χ3v) is 2.97. The molecule has 0 aliphatic heterocycles. The number of alkyl halides is 3. The van der Waals surface area contributed by atoms with Crippen molar-refractivity contribution in [3.63, 3.8) is 0 Å². The molecular weight excluding hydrogens is 237 g/mol. The summed E-state index contributed by atoms with van der Waals surface area (Å²) in [6, 6.07) is 0.954. The van der Waals surface area contributed by atoms with Gasteiger partial charge in [0.15, 0.2) is 0 Å². The zero-order chi connectivity index (χ0) is 12.8. The first-order valence-electron chi connectivity index (χ1n) is 5.10. The summed E-state index contributed by atoms with van der Waals surface area (Å²) in [7, 11) is 0. The summed E-state index contributed by atoms with van der Waals surface area (Å²) in [5.41, 5.74) is -0.988. The van der Waals surface area contributed by atoms with E-state index in [4.69, 9.17) is 5.11 Å². The van der Waals surface area contributed by atoms with E-state index in [0.717, 1.165) is 18.9 Å². The molecule has 0 spiro atoms. The van der Waals surface area contributed by atoms with Gasteiger partial charge in [0.2, 0.25) is 0 Å². The molecule has 0 bridgehead atoms. The van der Waals surface area contributed by atoms with Gasteiger partial charge in [0, 0.05) is 5.41 Å². The Morgan fingerprint density at radius 2 is 2.18 bits per heavy atom. The van der Waals surface area contributed by atoms with Crippen molar-refractivity contribution in [2.24, 2.45) is 0 Å². The molecule has 1 fully saturated rings. The molecular formula is C10H11F3N2O2. The Morgan fingerprint density at radius 3 is 2.59 bits per heavy atom. The molecule has 2 rings (SSSR count). The summed E-state index contributed by atoms with van der Waals surface area (Å²) >= 11 is 0. The lowest BCUT2D eigenvalue weighted by atomic mass is 10.1. The zero-order valence-electron chi connectivity index (χ0n) is 9.08. The molecule has 1 heterocycles. The molecule has 7 heteroatoms. The number of carbonyl (C=O) groups is 1. The predicted molar refractivity (Wildman–Crippen MR) is 51.5 cm³/mol. The van der Waals surface area contributed by atoms with Gasteiger partial charge in [0.1, 0.15) is 12.2 Å². The number of hydrogen-bond donors (Lipinski definition) is 1. The number of hydrogen-bond acceptors (Lipinski definition) is 2. The first kappa shape index (κ1) is 11.9. The second kappa shape index (κ2) is 3.48. The molecule has 0 amide bonds. The van der Waals surface area contributed by atoms with Crippen LogP contribution < -0.4 is 0 Å². The minimum absolute atomic E-state index is 0.316. The van der Waals surface area contributed by atoms with Crippen LogP contribution in [0.3, 0.4) is 0 Å². The molecule has 0 radical (unpaired) electrons. The van der Waals surface area contributed by atoms with E-state index < -0.39 is 24.4 Å². The smallest absolute Gasteiger partial charge is 0.433 e. The van der Waals surface area contributed by atoms with E-state index >= 15 is 0 Å². The fourth-order valence-corrected chi connectivity index (χ4v) is 1.63. The molecule has 4 nitrogen and oxygen atoms in total. The quantitative estimate of drug-likeness (QED) is 0.890.